The van der Waals surface area contributed by atoms with Crippen LogP contribution in [-0.2, 0) is 6.42 Å². The van der Waals surface area contributed by atoms with E-state index in [9.17, 15) is 0 Å². The normalized spacial score (nSPS) is 23.5. The summed E-state index contributed by atoms with van der Waals surface area (Å²) in [7, 11) is 0. The van der Waals surface area contributed by atoms with E-state index >= 15 is 0 Å². The first kappa shape index (κ1) is 15.2. The average molecular weight is 300 g/mol. The summed E-state index contributed by atoms with van der Waals surface area (Å²) in [4.78, 5) is 0. The molecule has 1 fully saturated rings. The molecule has 2 unspecified atom stereocenters. The minimum Gasteiger partial charge on any atom is -0.317 e. The van der Waals surface area contributed by atoms with Crippen LogP contribution in [-0.4, -0.2) is 13.1 Å². The van der Waals surface area contributed by atoms with E-state index < -0.39 is 0 Å². The average Bonchev–Trinajstić information content (AvgIpc) is 2.43. The van der Waals surface area contributed by atoms with Crippen LogP contribution in [0.1, 0.15) is 38.2 Å². The van der Waals surface area contributed by atoms with E-state index in [1.54, 1.807) is 0 Å². The highest BCUT2D eigenvalue weighted by atomic mass is 35.5. The van der Waals surface area contributed by atoms with Gasteiger partial charge in [0.05, 0.1) is 10.0 Å². The van der Waals surface area contributed by atoms with Gasteiger partial charge in [0.25, 0.3) is 0 Å². The van der Waals surface area contributed by atoms with E-state index in [-0.39, 0.29) is 0 Å². The Balaban J connectivity index is 2.04. The van der Waals surface area contributed by atoms with Crippen molar-refractivity contribution in [3.63, 3.8) is 0 Å². The molecule has 3 heteroatoms. The van der Waals surface area contributed by atoms with Gasteiger partial charge in [0.1, 0.15) is 0 Å². The van der Waals surface area contributed by atoms with Gasteiger partial charge in [-0.05, 0) is 55.8 Å². The Labute approximate surface area is 126 Å². The van der Waals surface area contributed by atoms with Gasteiger partial charge in [-0.1, -0.05) is 55.1 Å². The fourth-order valence-corrected chi connectivity index (χ4v) is 3.54. The molecule has 1 N–H and O–H groups in total. The van der Waals surface area contributed by atoms with Crippen molar-refractivity contribution in [3.8, 4) is 0 Å². The molecule has 2 atom stereocenters. The zero-order valence-corrected chi connectivity index (χ0v) is 13.1. The molecule has 1 aromatic rings. The summed E-state index contributed by atoms with van der Waals surface area (Å²) in [5.74, 6) is 1.52. The van der Waals surface area contributed by atoms with Crippen LogP contribution in [0.3, 0.4) is 0 Å². The molecule has 106 valence electrons. The van der Waals surface area contributed by atoms with E-state index in [2.05, 4.69) is 18.3 Å². The van der Waals surface area contributed by atoms with Gasteiger partial charge in [0.15, 0.2) is 0 Å². The second-order valence-electron chi connectivity index (χ2n) is 5.53. The van der Waals surface area contributed by atoms with Gasteiger partial charge >= 0.3 is 0 Å². The maximum atomic E-state index is 6.32. The van der Waals surface area contributed by atoms with Gasteiger partial charge in [-0.2, -0.15) is 0 Å². The van der Waals surface area contributed by atoms with Crippen molar-refractivity contribution < 1.29 is 0 Å². The third kappa shape index (κ3) is 4.11. The van der Waals surface area contributed by atoms with E-state index in [0.717, 1.165) is 36.4 Å². The fraction of sp³-hybridized carbons (Fsp3) is 0.625. The summed E-state index contributed by atoms with van der Waals surface area (Å²) >= 11 is 12.4. The van der Waals surface area contributed by atoms with Gasteiger partial charge < -0.3 is 5.32 Å². The first-order valence-electron chi connectivity index (χ1n) is 7.36. The number of nitrogens with one attached hydrogen (secondary N) is 1. The monoisotopic (exact) mass is 299 g/mol. The lowest BCUT2D eigenvalue weighted by molar-refractivity contribution is 0.229. The van der Waals surface area contributed by atoms with Crippen molar-refractivity contribution >= 4 is 23.2 Å². The molecule has 1 aliphatic carbocycles. The first-order chi connectivity index (χ1) is 9.22. The second-order valence-corrected chi connectivity index (χ2v) is 6.31. The van der Waals surface area contributed by atoms with E-state index in [1.807, 2.05) is 12.1 Å². The summed E-state index contributed by atoms with van der Waals surface area (Å²) in [6, 6.07) is 5.99. The zero-order chi connectivity index (χ0) is 13.7. The van der Waals surface area contributed by atoms with E-state index in [4.69, 9.17) is 23.2 Å². The van der Waals surface area contributed by atoms with Crippen LogP contribution in [0.4, 0.5) is 0 Å². The Morgan fingerprint density at radius 2 is 1.89 bits per heavy atom. The van der Waals surface area contributed by atoms with Crippen molar-refractivity contribution in [1.29, 1.82) is 0 Å². The summed E-state index contributed by atoms with van der Waals surface area (Å²) < 4.78 is 0. The Hall–Kier alpha value is -0.240. The fourth-order valence-electron chi connectivity index (χ4n) is 3.14. The van der Waals surface area contributed by atoms with Gasteiger partial charge in [-0.25, -0.2) is 0 Å². The molecule has 0 saturated heterocycles. The topological polar surface area (TPSA) is 12.0 Å². The Bertz CT molecular complexity index is 406. The first-order valence-corrected chi connectivity index (χ1v) is 8.11. The van der Waals surface area contributed by atoms with Crippen molar-refractivity contribution in [1.82, 2.24) is 5.32 Å². The standard InChI is InChI=1S/C16H23Cl2N/c1-2-19-11-14-7-4-3-6-12(14)10-13-8-5-9-15(17)16(13)18/h5,8-9,12,14,19H,2-4,6-7,10-11H2,1H3. The summed E-state index contributed by atoms with van der Waals surface area (Å²) in [6.07, 6.45) is 6.45. The van der Waals surface area contributed by atoms with Gasteiger partial charge in [0, 0.05) is 0 Å². The summed E-state index contributed by atoms with van der Waals surface area (Å²) in [5, 5.41) is 4.93. The molecule has 0 heterocycles. The van der Waals surface area contributed by atoms with E-state index in [0.29, 0.717) is 5.02 Å². The van der Waals surface area contributed by atoms with Crippen LogP contribution in [0.15, 0.2) is 18.2 Å². The lowest BCUT2D eigenvalue weighted by Crippen LogP contribution is -2.31. The van der Waals surface area contributed by atoms with Crippen LogP contribution in [0.2, 0.25) is 10.0 Å². The largest absolute Gasteiger partial charge is 0.317 e. The highest BCUT2D eigenvalue weighted by molar-refractivity contribution is 6.42. The Kier molecular flexibility index (Phi) is 6.00. The van der Waals surface area contributed by atoms with Gasteiger partial charge in [-0.3, -0.25) is 0 Å². The maximum Gasteiger partial charge on any atom is 0.0624 e. The number of rotatable bonds is 5. The number of halogens is 2. The van der Waals surface area contributed by atoms with Gasteiger partial charge in [0.2, 0.25) is 0 Å². The summed E-state index contributed by atoms with van der Waals surface area (Å²) in [5.41, 5.74) is 1.21. The Morgan fingerprint density at radius 1 is 1.16 bits per heavy atom. The van der Waals surface area contributed by atoms with Crippen LogP contribution >= 0.6 is 23.2 Å². The molecule has 19 heavy (non-hydrogen) atoms. The van der Waals surface area contributed by atoms with Crippen LogP contribution in [0, 0.1) is 11.8 Å². The SMILES string of the molecule is CCNCC1CCCCC1Cc1cccc(Cl)c1Cl. The van der Waals surface area contributed by atoms with Gasteiger partial charge in [-0.15, -0.1) is 0 Å². The summed E-state index contributed by atoms with van der Waals surface area (Å²) in [6.45, 7) is 4.37. The van der Waals surface area contributed by atoms with E-state index in [1.165, 1.54) is 31.2 Å². The van der Waals surface area contributed by atoms with Crippen LogP contribution < -0.4 is 5.32 Å². The predicted molar refractivity (Wildman–Crippen MR) is 84.2 cm³/mol. The third-order valence-corrected chi connectivity index (χ3v) is 5.09. The maximum absolute atomic E-state index is 6.32. The molecule has 1 nitrogen and oxygen atoms in total. The zero-order valence-electron chi connectivity index (χ0n) is 11.6. The quantitative estimate of drug-likeness (QED) is 0.811. The molecule has 0 bridgehead atoms. The molecule has 1 saturated carbocycles. The highest BCUT2D eigenvalue weighted by Gasteiger charge is 2.25. The van der Waals surface area contributed by atoms with Crippen molar-refractivity contribution in [2.45, 2.75) is 39.0 Å². The number of benzene rings is 1. The molecule has 0 amide bonds. The lowest BCUT2D eigenvalue weighted by Gasteiger charge is -2.32. The molecule has 0 aromatic heterocycles. The minimum atomic E-state index is 0.679. The van der Waals surface area contributed by atoms with Crippen LogP contribution in [0.5, 0.6) is 0 Å². The van der Waals surface area contributed by atoms with Crippen LogP contribution in [0.25, 0.3) is 0 Å². The molecule has 1 aliphatic rings. The minimum absolute atomic E-state index is 0.679. The predicted octanol–water partition coefficient (Wildman–Crippen LogP) is 4.95. The lowest BCUT2D eigenvalue weighted by atomic mass is 9.76. The molecular formula is C16H23Cl2N. The van der Waals surface area contributed by atoms with Crippen molar-refractivity contribution in [3.05, 3.63) is 33.8 Å². The van der Waals surface area contributed by atoms with Crippen molar-refractivity contribution in [2.24, 2.45) is 11.8 Å². The third-order valence-electron chi connectivity index (χ3n) is 4.24. The number of hydrogen-bond acceptors (Lipinski definition) is 1. The molecule has 0 spiro atoms. The smallest absolute Gasteiger partial charge is 0.0624 e. The molecule has 1 aromatic carbocycles. The Morgan fingerprint density at radius 3 is 2.63 bits per heavy atom. The van der Waals surface area contributed by atoms with Crippen molar-refractivity contribution in [2.75, 3.05) is 13.1 Å². The molecule has 2 rings (SSSR count). The highest BCUT2D eigenvalue weighted by Crippen LogP contribution is 2.35. The second kappa shape index (κ2) is 7.52. The molecule has 0 aliphatic heterocycles. The molecular weight excluding hydrogens is 277 g/mol. The molecule has 0 radical (unpaired) electrons. The number of hydrogen-bond donors (Lipinski definition) is 1.